The van der Waals surface area contributed by atoms with Gasteiger partial charge in [0.2, 0.25) is 0 Å². The highest BCUT2D eigenvalue weighted by atomic mass is 19.1. The molecule has 0 aromatic heterocycles. The Hall–Kier alpha value is -0.975. The topological polar surface area (TPSA) is 38.7 Å². The van der Waals surface area contributed by atoms with Gasteiger partial charge in [0.25, 0.3) is 0 Å². The fraction of sp³-hybridized carbons (Fsp3) is 0.647. The Kier molecular flexibility index (Phi) is 4.66. The number of aryl methyl sites for hydroxylation is 1. The summed E-state index contributed by atoms with van der Waals surface area (Å²) in [6.45, 7) is 9.57. The van der Waals surface area contributed by atoms with E-state index in [4.69, 9.17) is 9.31 Å². The zero-order valence-electron chi connectivity index (χ0n) is 14.6. The fourth-order valence-corrected chi connectivity index (χ4v) is 2.55. The highest BCUT2D eigenvalue weighted by Crippen LogP contribution is 2.37. The molecule has 0 bridgehead atoms. The van der Waals surface area contributed by atoms with Gasteiger partial charge < -0.3 is 14.4 Å². The molecular formula is C17H25BF2O3. The summed E-state index contributed by atoms with van der Waals surface area (Å²) in [5, 5.41) is 10.3. The van der Waals surface area contributed by atoms with Crippen molar-refractivity contribution in [3.8, 4) is 0 Å². The Morgan fingerprint density at radius 2 is 1.74 bits per heavy atom. The Balaban J connectivity index is 2.44. The third-order valence-corrected chi connectivity index (χ3v) is 5.15. The van der Waals surface area contributed by atoms with Crippen LogP contribution in [0.15, 0.2) is 18.2 Å². The van der Waals surface area contributed by atoms with Gasteiger partial charge in [-0.25, -0.2) is 8.78 Å². The van der Waals surface area contributed by atoms with Crippen molar-refractivity contribution in [3.63, 3.8) is 0 Å². The van der Waals surface area contributed by atoms with Crippen LogP contribution in [0.2, 0.25) is 0 Å². The molecule has 1 aromatic rings. The van der Waals surface area contributed by atoms with Gasteiger partial charge in [0, 0.05) is 0 Å². The Labute approximate surface area is 137 Å². The van der Waals surface area contributed by atoms with Crippen molar-refractivity contribution in [2.24, 2.45) is 0 Å². The molecule has 1 saturated heterocycles. The highest BCUT2D eigenvalue weighted by Gasteiger charge is 2.52. The van der Waals surface area contributed by atoms with Gasteiger partial charge in [0.1, 0.15) is 18.4 Å². The van der Waals surface area contributed by atoms with Crippen LogP contribution < -0.4 is 5.46 Å². The molecule has 2 rings (SSSR count). The standard InChI is InChI=1S/C17H25BF2O3/c1-11-7-8-13(17(21,10-19)12(2)20)9-14(11)18-22-15(3,4)16(5,6)23-18/h7-9,12,21H,10H2,1-6H3. The van der Waals surface area contributed by atoms with Crippen molar-refractivity contribution in [2.45, 2.75) is 64.5 Å². The van der Waals surface area contributed by atoms with Crippen molar-refractivity contribution in [1.29, 1.82) is 0 Å². The van der Waals surface area contributed by atoms with Crippen molar-refractivity contribution in [2.75, 3.05) is 6.67 Å². The van der Waals surface area contributed by atoms with Gasteiger partial charge in [0.05, 0.1) is 11.2 Å². The first-order valence-electron chi connectivity index (χ1n) is 7.84. The summed E-state index contributed by atoms with van der Waals surface area (Å²) in [6.07, 6.45) is -1.73. The molecule has 2 atom stereocenters. The van der Waals surface area contributed by atoms with E-state index in [-0.39, 0.29) is 5.56 Å². The number of halogens is 2. The zero-order chi connectivity index (χ0) is 17.6. The van der Waals surface area contributed by atoms with E-state index in [1.165, 1.54) is 0 Å². The first kappa shape index (κ1) is 18.4. The van der Waals surface area contributed by atoms with Crippen LogP contribution in [0.3, 0.4) is 0 Å². The minimum atomic E-state index is -2.16. The molecule has 1 N–H and O–H groups in total. The summed E-state index contributed by atoms with van der Waals surface area (Å²) >= 11 is 0. The van der Waals surface area contributed by atoms with Crippen LogP contribution in [-0.2, 0) is 14.9 Å². The van der Waals surface area contributed by atoms with Crippen molar-refractivity contribution in [3.05, 3.63) is 29.3 Å². The van der Waals surface area contributed by atoms with Gasteiger partial charge >= 0.3 is 7.12 Å². The number of rotatable bonds is 4. The van der Waals surface area contributed by atoms with Crippen LogP contribution in [0.25, 0.3) is 0 Å². The lowest BCUT2D eigenvalue weighted by atomic mass is 9.74. The number of hydrogen-bond donors (Lipinski definition) is 1. The third kappa shape index (κ3) is 3.04. The maximum Gasteiger partial charge on any atom is 0.495 e. The largest absolute Gasteiger partial charge is 0.495 e. The summed E-state index contributed by atoms with van der Waals surface area (Å²) in [5.41, 5.74) is -1.45. The molecule has 2 unspecified atom stereocenters. The first-order valence-corrected chi connectivity index (χ1v) is 7.84. The maximum absolute atomic E-state index is 13.7. The summed E-state index contributed by atoms with van der Waals surface area (Å²) in [4.78, 5) is 0. The van der Waals surface area contributed by atoms with E-state index >= 15 is 0 Å². The van der Waals surface area contributed by atoms with Gasteiger partial charge in [-0.05, 0) is 52.6 Å². The molecule has 1 heterocycles. The van der Waals surface area contributed by atoms with Crippen LogP contribution in [0.1, 0.15) is 45.7 Å². The van der Waals surface area contributed by atoms with Crippen LogP contribution in [0.4, 0.5) is 8.78 Å². The Bertz CT molecular complexity index is 573. The van der Waals surface area contributed by atoms with Crippen LogP contribution in [0, 0.1) is 6.92 Å². The second-order valence-electron chi connectivity index (χ2n) is 7.33. The normalized spacial score (nSPS) is 23.6. The second kappa shape index (κ2) is 5.83. The maximum atomic E-state index is 13.7. The van der Waals surface area contributed by atoms with E-state index in [1.54, 1.807) is 18.2 Å². The molecule has 0 spiro atoms. The lowest BCUT2D eigenvalue weighted by Crippen LogP contribution is -2.41. The smallest absolute Gasteiger partial charge is 0.399 e. The Morgan fingerprint density at radius 1 is 1.22 bits per heavy atom. The van der Waals surface area contributed by atoms with Crippen molar-refractivity contribution in [1.82, 2.24) is 0 Å². The average molecular weight is 326 g/mol. The number of benzene rings is 1. The lowest BCUT2D eigenvalue weighted by molar-refractivity contribution is -0.0512. The van der Waals surface area contributed by atoms with Crippen LogP contribution >= 0.6 is 0 Å². The molecule has 0 amide bonds. The molecule has 3 nitrogen and oxygen atoms in total. The second-order valence-corrected chi connectivity index (χ2v) is 7.33. The number of hydrogen-bond acceptors (Lipinski definition) is 3. The van der Waals surface area contributed by atoms with Crippen LogP contribution in [0.5, 0.6) is 0 Å². The molecule has 1 aliphatic rings. The van der Waals surface area contributed by atoms with Crippen molar-refractivity contribution < 1.29 is 23.2 Å². The molecule has 1 aliphatic heterocycles. The summed E-state index contributed by atoms with van der Waals surface area (Å²) < 4.78 is 39.0. The molecule has 6 heteroatoms. The zero-order valence-corrected chi connectivity index (χ0v) is 14.6. The van der Waals surface area contributed by atoms with Gasteiger partial charge in [-0.2, -0.15) is 0 Å². The molecule has 0 saturated carbocycles. The summed E-state index contributed by atoms with van der Waals surface area (Å²) in [7, 11) is -0.640. The fourth-order valence-electron chi connectivity index (χ4n) is 2.55. The average Bonchev–Trinajstić information content (AvgIpc) is 2.66. The molecule has 128 valence electrons. The van der Waals surface area contributed by atoms with Crippen LogP contribution in [-0.4, -0.2) is 36.3 Å². The van der Waals surface area contributed by atoms with Gasteiger partial charge in [-0.1, -0.05) is 23.8 Å². The van der Waals surface area contributed by atoms with Gasteiger partial charge in [-0.3, -0.25) is 0 Å². The minimum Gasteiger partial charge on any atom is -0.399 e. The number of alkyl halides is 2. The summed E-state index contributed by atoms with van der Waals surface area (Å²) in [6, 6.07) is 4.84. The molecule has 1 aromatic carbocycles. The van der Waals surface area contributed by atoms with E-state index in [2.05, 4.69) is 0 Å². The molecule has 0 aliphatic carbocycles. The van der Waals surface area contributed by atoms with E-state index in [9.17, 15) is 13.9 Å². The summed E-state index contributed by atoms with van der Waals surface area (Å²) in [5.74, 6) is 0. The third-order valence-electron chi connectivity index (χ3n) is 5.15. The molecule has 23 heavy (non-hydrogen) atoms. The Morgan fingerprint density at radius 3 is 2.17 bits per heavy atom. The predicted molar refractivity (Wildman–Crippen MR) is 87.3 cm³/mol. The molecule has 0 radical (unpaired) electrons. The first-order chi connectivity index (χ1) is 10.4. The van der Waals surface area contributed by atoms with E-state index in [1.807, 2.05) is 34.6 Å². The van der Waals surface area contributed by atoms with E-state index < -0.39 is 36.8 Å². The van der Waals surface area contributed by atoms with E-state index in [0.717, 1.165) is 12.5 Å². The van der Waals surface area contributed by atoms with Crippen molar-refractivity contribution >= 4 is 12.6 Å². The minimum absolute atomic E-state index is 0.185. The SMILES string of the molecule is Cc1ccc(C(O)(CF)C(C)F)cc1B1OC(C)(C)C(C)(C)O1. The van der Waals surface area contributed by atoms with Gasteiger partial charge in [-0.15, -0.1) is 0 Å². The molecule has 1 fully saturated rings. The lowest BCUT2D eigenvalue weighted by Gasteiger charge is -2.32. The van der Waals surface area contributed by atoms with E-state index in [0.29, 0.717) is 5.46 Å². The predicted octanol–water partition coefficient (Wildman–Crippen LogP) is 2.81. The quantitative estimate of drug-likeness (QED) is 0.865. The monoisotopic (exact) mass is 326 g/mol. The highest BCUT2D eigenvalue weighted by molar-refractivity contribution is 6.62. The molecular weight excluding hydrogens is 301 g/mol. The van der Waals surface area contributed by atoms with Gasteiger partial charge in [0.15, 0.2) is 0 Å². The number of aliphatic hydroxyl groups is 1.